The first-order valence-corrected chi connectivity index (χ1v) is 8.57. The summed E-state index contributed by atoms with van der Waals surface area (Å²) in [6, 6.07) is 8.02. The lowest BCUT2D eigenvalue weighted by atomic mass is 10.1. The molecule has 136 valence electrons. The maximum absolute atomic E-state index is 12.2. The van der Waals surface area contributed by atoms with Gasteiger partial charge in [-0.2, -0.15) is 5.10 Å². The lowest BCUT2D eigenvalue weighted by molar-refractivity contribution is 0.237. The van der Waals surface area contributed by atoms with E-state index >= 15 is 0 Å². The molecule has 0 saturated carbocycles. The second-order valence-corrected chi connectivity index (χ2v) is 6.77. The van der Waals surface area contributed by atoms with Crippen LogP contribution < -0.4 is 15.5 Å². The van der Waals surface area contributed by atoms with Gasteiger partial charge in [-0.1, -0.05) is 12.1 Å². The number of hydrogen-bond donors (Lipinski definition) is 2. The number of aromatic nitrogens is 2. The fourth-order valence-corrected chi connectivity index (χ4v) is 2.87. The van der Waals surface area contributed by atoms with E-state index in [0.717, 1.165) is 29.1 Å². The van der Waals surface area contributed by atoms with E-state index in [1.807, 2.05) is 62.8 Å². The van der Waals surface area contributed by atoms with Gasteiger partial charge in [0, 0.05) is 45.1 Å². The number of nitrogens with zero attached hydrogens (tertiary/aromatic N) is 3. The molecule has 0 aliphatic heterocycles. The number of carbonyl (C=O) groups excluding carboxylic acids is 1. The topological polar surface area (TPSA) is 62.2 Å². The molecular formula is C19H29N5O. The lowest BCUT2D eigenvalue weighted by Crippen LogP contribution is -2.41. The standard InChI is InChI=1S/C19H29N5O/c1-13(10-18-14(2)22-24(6)15(18)3)21-19(25)20-12-16-8-7-9-17(11-16)23(4)5/h7-9,11,13H,10,12H2,1-6H3,(H2,20,21,25). The molecule has 25 heavy (non-hydrogen) atoms. The van der Waals surface area contributed by atoms with Crippen LogP contribution in [-0.2, 0) is 20.0 Å². The van der Waals surface area contributed by atoms with E-state index in [1.165, 1.54) is 5.56 Å². The first-order chi connectivity index (χ1) is 11.8. The van der Waals surface area contributed by atoms with Crippen LogP contribution in [0.5, 0.6) is 0 Å². The Morgan fingerprint density at radius 1 is 1.32 bits per heavy atom. The summed E-state index contributed by atoms with van der Waals surface area (Å²) >= 11 is 0. The molecule has 2 amide bonds. The molecule has 2 rings (SSSR count). The van der Waals surface area contributed by atoms with Crippen LogP contribution in [0.4, 0.5) is 10.5 Å². The van der Waals surface area contributed by atoms with Crippen molar-refractivity contribution in [3.8, 4) is 0 Å². The Morgan fingerprint density at radius 3 is 2.64 bits per heavy atom. The summed E-state index contributed by atoms with van der Waals surface area (Å²) in [5, 5.41) is 10.4. The maximum atomic E-state index is 12.2. The zero-order valence-corrected chi connectivity index (χ0v) is 16.1. The van der Waals surface area contributed by atoms with E-state index in [-0.39, 0.29) is 12.1 Å². The van der Waals surface area contributed by atoms with Gasteiger partial charge in [0.2, 0.25) is 0 Å². The average Bonchev–Trinajstić information content (AvgIpc) is 2.79. The average molecular weight is 343 g/mol. The van der Waals surface area contributed by atoms with Crippen LogP contribution in [-0.4, -0.2) is 35.9 Å². The molecule has 0 saturated heterocycles. The van der Waals surface area contributed by atoms with Crippen molar-refractivity contribution >= 4 is 11.7 Å². The van der Waals surface area contributed by atoms with Gasteiger partial charge in [0.15, 0.2) is 0 Å². The third-order valence-corrected chi connectivity index (χ3v) is 4.43. The molecule has 1 atom stereocenters. The number of urea groups is 1. The molecule has 0 aliphatic carbocycles. The zero-order chi connectivity index (χ0) is 18.6. The monoisotopic (exact) mass is 343 g/mol. The summed E-state index contributed by atoms with van der Waals surface area (Å²) < 4.78 is 1.88. The van der Waals surface area contributed by atoms with Crippen LogP contribution >= 0.6 is 0 Å². The summed E-state index contributed by atoms with van der Waals surface area (Å²) in [5.41, 5.74) is 5.57. The first-order valence-electron chi connectivity index (χ1n) is 8.57. The Bertz CT molecular complexity index is 735. The Hall–Kier alpha value is -2.50. The smallest absolute Gasteiger partial charge is 0.315 e. The molecule has 6 heteroatoms. The van der Waals surface area contributed by atoms with Crippen molar-refractivity contribution in [2.45, 2.75) is 39.8 Å². The number of benzene rings is 1. The van der Waals surface area contributed by atoms with Gasteiger partial charge in [-0.3, -0.25) is 4.68 Å². The number of nitrogens with one attached hydrogen (secondary N) is 2. The highest BCUT2D eigenvalue weighted by Gasteiger charge is 2.14. The summed E-state index contributed by atoms with van der Waals surface area (Å²) in [5.74, 6) is 0. The summed E-state index contributed by atoms with van der Waals surface area (Å²) in [4.78, 5) is 14.2. The molecule has 0 aliphatic rings. The minimum Gasteiger partial charge on any atom is -0.378 e. The highest BCUT2D eigenvalue weighted by molar-refractivity contribution is 5.74. The van der Waals surface area contributed by atoms with Crippen LogP contribution in [0.1, 0.15) is 29.4 Å². The molecule has 6 nitrogen and oxygen atoms in total. The molecule has 0 spiro atoms. The Kier molecular flexibility index (Phi) is 6.07. The van der Waals surface area contributed by atoms with Gasteiger partial charge in [0.25, 0.3) is 0 Å². The summed E-state index contributed by atoms with van der Waals surface area (Å²) in [6.45, 7) is 6.58. The number of amides is 2. The van der Waals surface area contributed by atoms with E-state index in [2.05, 4.69) is 28.7 Å². The Balaban J connectivity index is 1.86. The molecule has 1 aromatic heterocycles. The highest BCUT2D eigenvalue weighted by Crippen LogP contribution is 2.14. The van der Waals surface area contributed by atoms with Crippen molar-refractivity contribution in [3.05, 3.63) is 46.8 Å². The first kappa shape index (κ1) is 18.8. The molecular weight excluding hydrogens is 314 g/mol. The van der Waals surface area contributed by atoms with Gasteiger partial charge in [-0.25, -0.2) is 4.79 Å². The van der Waals surface area contributed by atoms with Crippen molar-refractivity contribution in [2.75, 3.05) is 19.0 Å². The van der Waals surface area contributed by atoms with Gasteiger partial charge in [0.05, 0.1) is 5.69 Å². The normalized spacial score (nSPS) is 11.9. The lowest BCUT2D eigenvalue weighted by Gasteiger charge is -2.16. The minimum absolute atomic E-state index is 0.0368. The summed E-state index contributed by atoms with van der Waals surface area (Å²) in [7, 11) is 5.95. The number of aryl methyl sites for hydroxylation is 2. The van der Waals surface area contributed by atoms with E-state index in [4.69, 9.17) is 0 Å². The Morgan fingerprint density at radius 2 is 2.04 bits per heavy atom. The number of carbonyl (C=O) groups is 1. The number of rotatable bonds is 6. The van der Waals surface area contributed by atoms with Crippen molar-refractivity contribution in [1.82, 2.24) is 20.4 Å². The van der Waals surface area contributed by atoms with E-state index in [1.54, 1.807) is 0 Å². The number of anilines is 1. The van der Waals surface area contributed by atoms with Crippen LogP contribution in [0.3, 0.4) is 0 Å². The second-order valence-electron chi connectivity index (χ2n) is 6.77. The fourth-order valence-electron chi connectivity index (χ4n) is 2.87. The third-order valence-electron chi connectivity index (χ3n) is 4.43. The van der Waals surface area contributed by atoms with Crippen molar-refractivity contribution in [1.29, 1.82) is 0 Å². The van der Waals surface area contributed by atoms with Crippen molar-refractivity contribution in [3.63, 3.8) is 0 Å². The maximum Gasteiger partial charge on any atom is 0.315 e. The van der Waals surface area contributed by atoms with Gasteiger partial charge in [-0.15, -0.1) is 0 Å². The number of hydrogen-bond acceptors (Lipinski definition) is 3. The van der Waals surface area contributed by atoms with Gasteiger partial charge in [-0.05, 0) is 50.5 Å². The zero-order valence-electron chi connectivity index (χ0n) is 16.1. The molecule has 1 aromatic carbocycles. The quantitative estimate of drug-likeness (QED) is 0.847. The van der Waals surface area contributed by atoms with Gasteiger partial charge < -0.3 is 15.5 Å². The third kappa shape index (κ3) is 4.98. The SMILES string of the molecule is Cc1nn(C)c(C)c1CC(C)NC(=O)NCc1cccc(N(C)C)c1. The van der Waals surface area contributed by atoms with E-state index < -0.39 is 0 Å². The fraction of sp³-hybridized carbons (Fsp3) is 0.474. The largest absolute Gasteiger partial charge is 0.378 e. The van der Waals surface area contributed by atoms with Crippen molar-refractivity contribution < 1.29 is 4.79 Å². The molecule has 2 N–H and O–H groups in total. The van der Waals surface area contributed by atoms with Crippen LogP contribution in [0.15, 0.2) is 24.3 Å². The van der Waals surface area contributed by atoms with Crippen LogP contribution in [0.2, 0.25) is 0 Å². The second kappa shape index (κ2) is 8.05. The molecule has 0 bridgehead atoms. The predicted molar refractivity (Wildman–Crippen MR) is 102 cm³/mol. The predicted octanol–water partition coefficient (Wildman–Crippen LogP) is 2.53. The van der Waals surface area contributed by atoms with Crippen LogP contribution in [0.25, 0.3) is 0 Å². The minimum atomic E-state index is -0.151. The molecule has 1 unspecified atom stereocenters. The van der Waals surface area contributed by atoms with Crippen molar-refractivity contribution in [2.24, 2.45) is 7.05 Å². The summed E-state index contributed by atoms with van der Waals surface area (Å²) in [6.07, 6.45) is 0.773. The Labute approximate surface area is 150 Å². The van der Waals surface area contributed by atoms with Gasteiger partial charge >= 0.3 is 6.03 Å². The molecule has 0 fully saturated rings. The molecule has 1 heterocycles. The molecule has 0 radical (unpaired) electrons. The van der Waals surface area contributed by atoms with Crippen LogP contribution in [0, 0.1) is 13.8 Å². The molecule has 2 aromatic rings. The van der Waals surface area contributed by atoms with Gasteiger partial charge in [0.1, 0.15) is 0 Å². The highest BCUT2D eigenvalue weighted by atomic mass is 16.2. The van der Waals surface area contributed by atoms with E-state index in [0.29, 0.717) is 6.54 Å². The van der Waals surface area contributed by atoms with E-state index in [9.17, 15) is 4.79 Å².